The van der Waals surface area contributed by atoms with E-state index in [1.165, 1.54) is 22.9 Å². The van der Waals surface area contributed by atoms with Gasteiger partial charge in [-0.05, 0) is 35.4 Å². The smallest absolute Gasteiger partial charge is 0.253 e. The zero-order chi connectivity index (χ0) is 23.5. The standard InChI is InChI=1S/C27H25N3O2S2/c31-24-19-34-27(33)30(24)23-13-11-22(12-14-23)26(32)29-17-15-28(16-18-29)25(20-7-3-1-4-8-20)21-9-5-2-6-10-21/h1-14,25H,15-19H2. The van der Waals surface area contributed by atoms with Crippen LogP contribution in [0.1, 0.15) is 27.5 Å². The topological polar surface area (TPSA) is 43.9 Å². The van der Waals surface area contributed by atoms with Gasteiger partial charge in [-0.15, -0.1) is 0 Å². The van der Waals surface area contributed by atoms with E-state index in [1.807, 2.05) is 17.0 Å². The molecule has 0 unspecified atom stereocenters. The van der Waals surface area contributed by atoms with E-state index < -0.39 is 0 Å². The Balaban J connectivity index is 1.27. The first kappa shape index (κ1) is 22.8. The van der Waals surface area contributed by atoms with Gasteiger partial charge >= 0.3 is 0 Å². The maximum Gasteiger partial charge on any atom is 0.253 e. The van der Waals surface area contributed by atoms with Crippen LogP contribution in [0, 0.1) is 0 Å². The van der Waals surface area contributed by atoms with Crippen molar-refractivity contribution in [3.05, 3.63) is 102 Å². The van der Waals surface area contributed by atoms with Gasteiger partial charge in [-0.3, -0.25) is 19.4 Å². The van der Waals surface area contributed by atoms with Crippen molar-refractivity contribution in [2.75, 3.05) is 36.8 Å². The number of nitrogens with zero attached hydrogens (tertiary/aromatic N) is 3. The zero-order valence-electron chi connectivity index (χ0n) is 18.7. The predicted octanol–water partition coefficient (Wildman–Crippen LogP) is 4.60. The maximum atomic E-state index is 13.2. The number of anilines is 1. The third kappa shape index (κ3) is 4.64. The Labute approximate surface area is 209 Å². The van der Waals surface area contributed by atoms with Crippen LogP contribution in [0.15, 0.2) is 84.9 Å². The number of hydrogen-bond acceptors (Lipinski definition) is 5. The van der Waals surface area contributed by atoms with Crippen LogP contribution < -0.4 is 4.90 Å². The monoisotopic (exact) mass is 487 g/mol. The largest absolute Gasteiger partial charge is 0.336 e. The van der Waals surface area contributed by atoms with Gasteiger partial charge in [0.25, 0.3) is 5.91 Å². The van der Waals surface area contributed by atoms with E-state index in [0.717, 1.165) is 18.8 Å². The number of benzene rings is 3. The molecule has 2 fully saturated rings. The molecule has 2 saturated heterocycles. The molecule has 0 saturated carbocycles. The summed E-state index contributed by atoms with van der Waals surface area (Å²) in [5, 5.41) is 0. The van der Waals surface area contributed by atoms with Crippen molar-refractivity contribution in [2.45, 2.75) is 6.04 Å². The molecule has 0 radical (unpaired) electrons. The number of hydrogen-bond donors (Lipinski definition) is 0. The quantitative estimate of drug-likeness (QED) is 0.492. The molecule has 2 aliphatic rings. The molecule has 3 aromatic rings. The van der Waals surface area contributed by atoms with Gasteiger partial charge in [-0.2, -0.15) is 0 Å². The second-order valence-electron chi connectivity index (χ2n) is 8.38. The van der Waals surface area contributed by atoms with E-state index in [2.05, 4.69) is 53.4 Å². The van der Waals surface area contributed by atoms with E-state index in [9.17, 15) is 9.59 Å². The van der Waals surface area contributed by atoms with E-state index in [-0.39, 0.29) is 17.9 Å². The van der Waals surface area contributed by atoms with Crippen LogP contribution in [-0.2, 0) is 4.79 Å². The van der Waals surface area contributed by atoms with E-state index >= 15 is 0 Å². The Kier molecular flexibility index (Phi) is 6.76. The molecule has 0 spiro atoms. The highest BCUT2D eigenvalue weighted by Crippen LogP contribution is 2.30. The first-order valence-electron chi connectivity index (χ1n) is 11.3. The minimum absolute atomic E-state index is 0.0171. The number of carbonyl (C=O) groups is 2. The Bertz CT molecular complexity index is 1120. The Morgan fingerprint density at radius 3 is 1.85 bits per heavy atom. The van der Waals surface area contributed by atoms with Crippen molar-refractivity contribution >= 4 is 45.8 Å². The number of amides is 2. The third-order valence-electron chi connectivity index (χ3n) is 6.32. The lowest BCUT2D eigenvalue weighted by Crippen LogP contribution is -2.49. The summed E-state index contributed by atoms with van der Waals surface area (Å²) in [7, 11) is 0. The van der Waals surface area contributed by atoms with Crippen LogP contribution in [0.2, 0.25) is 0 Å². The Morgan fingerprint density at radius 2 is 1.35 bits per heavy atom. The van der Waals surface area contributed by atoms with E-state index in [0.29, 0.717) is 28.7 Å². The summed E-state index contributed by atoms with van der Waals surface area (Å²) in [6, 6.07) is 28.4. The van der Waals surface area contributed by atoms with Crippen molar-refractivity contribution in [3.63, 3.8) is 0 Å². The molecular weight excluding hydrogens is 462 g/mol. The fraction of sp³-hybridized carbons (Fsp3) is 0.222. The van der Waals surface area contributed by atoms with Crippen molar-refractivity contribution in [1.29, 1.82) is 0 Å². The van der Waals surface area contributed by atoms with Gasteiger partial charge in [0, 0.05) is 31.7 Å². The zero-order valence-corrected chi connectivity index (χ0v) is 20.3. The fourth-order valence-electron chi connectivity index (χ4n) is 4.61. The molecule has 7 heteroatoms. The van der Waals surface area contributed by atoms with Crippen LogP contribution >= 0.6 is 24.0 Å². The number of carbonyl (C=O) groups excluding carboxylic acids is 2. The predicted molar refractivity (Wildman–Crippen MR) is 141 cm³/mol. The van der Waals surface area contributed by atoms with Crippen LogP contribution in [0.3, 0.4) is 0 Å². The minimum atomic E-state index is -0.0171. The molecule has 2 heterocycles. The van der Waals surface area contributed by atoms with E-state index in [4.69, 9.17) is 12.2 Å². The first-order valence-corrected chi connectivity index (χ1v) is 12.7. The van der Waals surface area contributed by atoms with Crippen LogP contribution in [-0.4, -0.2) is 57.9 Å². The Hall–Kier alpha value is -3.00. The normalized spacial score (nSPS) is 17.0. The molecule has 2 amide bonds. The number of thioether (sulfide) groups is 1. The summed E-state index contributed by atoms with van der Waals surface area (Å²) in [5.41, 5.74) is 3.87. The van der Waals surface area contributed by atoms with Crippen molar-refractivity contribution in [1.82, 2.24) is 9.80 Å². The maximum absolute atomic E-state index is 13.2. The summed E-state index contributed by atoms with van der Waals surface area (Å²) in [6.45, 7) is 2.93. The van der Waals surface area contributed by atoms with Gasteiger partial charge in [0.1, 0.15) is 4.32 Å². The van der Waals surface area contributed by atoms with Crippen LogP contribution in [0.4, 0.5) is 5.69 Å². The lowest BCUT2D eigenvalue weighted by Gasteiger charge is -2.39. The summed E-state index contributed by atoms with van der Waals surface area (Å²) in [4.78, 5) is 31.2. The fourth-order valence-corrected chi connectivity index (χ4v) is 5.70. The molecule has 0 aromatic heterocycles. The number of rotatable bonds is 5. The van der Waals surface area contributed by atoms with Crippen molar-refractivity contribution in [3.8, 4) is 0 Å². The molecule has 5 rings (SSSR count). The lowest BCUT2D eigenvalue weighted by molar-refractivity contribution is -0.115. The molecular formula is C27H25N3O2S2. The minimum Gasteiger partial charge on any atom is -0.336 e. The summed E-state index contributed by atoms with van der Waals surface area (Å²) in [6.07, 6.45) is 0. The molecule has 172 valence electrons. The second-order valence-corrected chi connectivity index (χ2v) is 9.99. The third-order valence-corrected chi connectivity index (χ3v) is 7.68. The molecule has 34 heavy (non-hydrogen) atoms. The average molecular weight is 488 g/mol. The highest BCUT2D eigenvalue weighted by atomic mass is 32.2. The Morgan fingerprint density at radius 1 is 0.794 bits per heavy atom. The number of piperazine rings is 1. The van der Waals surface area contributed by atoms with Gasteiger partial charge in [0.05, 0.1) is 17.5 Å². The van der Waals surface area contributed by atoms with Crippen molar-refractivity contribution < 1.29 is 9.59 Å². The molecule has 0 N–H and O–H groups in total. The first-order chi connectivity index (χ1) is 16.6. The molecule has 0 atom stereocenters. The van der Waals surface area contributed by atoms with E-state index in [1.54, 1.807) is 29.2 Å². The molecule has 3 aromatic carbocycles. The molecule has 2 aliphatic heterocycles. The van der Waals surface area contributed by atoms with Gasteiger partial charge < -0.3 is 4.90 Å². The SMILES string of the molecule is O=C(c1ccc(N2C(=O)CSC2=S)cc1)N1CCN(C(c2ccccc2)c2ccccc2)CC1. The van der Waals surface area contributed by atoms with Crippen LogP contribution in [0.25, 0.3) is 0 Å². The van der Waals surface area contributed by atoms with Crippen molar-refractivity contribution in [2.24, 2.45) is 0 Å². The van der Waals surface area contributed by atoms with Gasteiger partial charge in [0.2, 0.25) is 5.91 Å². The van der Waals surface area contributed by atoms with Gasteiger partial charge in [-0.1, -0.05) is 84.6 Å². The molecule has 5 nitrogen and oxygen atoms in total. The van der Waals surface area contributed by atoms with Gasteiger partial charge in [-0.25, -0.2) is 0 Å². The lowest BCUT2D eigenvalue weighted by atomic mass is 9.96. The number of thiocarbonyl (C=S) groups is 1. The highest BCUT2D eigenvalue weighted by molar-refractivity contribution is 8.24. The summed E-state index contributed by atoms with van der Waals surface area (Å²) >= 11 is 6.65. The molecule has 0 bridgehead atoms. The molecule has 0 aliphatic carbocycles. The second kappa shape index (κ2) is 10.1. The van der Waals surface area contributed by atoms with Gasteiger partial charge in [0.15, 0.2) is 0 Å². The van der Waals surface area contributed by atoms with Crippen LogP contribution in [0.5, 0.6) is 0 Å². The highest BCUT2D eigenvalue weighted by Gasteiger charge is 2.30. The summed E-state index contributed by atoms with van der Waals surface area (Å²) < 4.78 is 0.562. The average Bonchev–Trinajstić information content (AvgIpc) is 3.23. The summed E-state index contributed by atoms with van der Waals surface area (Å²) in [5.74, 6) is 0.375.